The molecule has 2 N–H and O–H groups in total. The second-order valence-electron chi connectivity index (χ2n) is 4.43. The largest absolute Gasteiger partial charge is 0.479 e. The van der Waals surface area contributed by atoms with Gasteiger partial charge in [0.15, 0.2) is 6.04 Å². The van der Waals surface area contributed by atoms with Crippen molar-refractivity contribution in [3.63, 3.8) is 0 Å². The predicted molar refractivity (Wildman–Crippen MR) is 79.3 cm³/mol. The molecule has 0 heterocycles. The zero-order valence-electron chi connectivity index (χ0n) is 10.7. The second-order valence-corrected chi connectivity index (χ2v) is 5.35. The lowest BCUT2D eigenvalue weighted by atomic mass is 10.0. The van der Waals surface area contributed by atoms with Crippen molar-refractivity contribution < 1.29 is 14.3 Å². The van der Waals surface area contributed by atoms with E-state index in [1.165, 1.54) is 12.1 Å². The minimum Gasteiger partial charge on any atom is -0.479 e. The average Bonchev–Trinajstić information content (AvgIpc) is 2.39. The van der Waals surface area contributed by atoms with Gasteiger partial charge in [-0.1, -0.05) is 34.1 Å². The Morgan fingerprint density at radius 2 is 2.05 bits per heavy atom. The number of rotatable bonds is 4. The first-order chi connectivity index (χ1) is 9.47. The molecule has 1 atom stereocenters. The Labute approximate surface area is 124 Å². The van der Waals surface area contributed by atoms with Crippen LogP contribution in [0.4, 0.5) is 10.1 Å². The summed E-state index contributed by atoms with van der Waals surface area (Å²) in [5, 5.41) is 12.3. The molecule has 0 amide bonds. The van der Waals surface area contributed by atoms with Crippen LogP contribution in [0.5, 0.6) is 0 Å². The number of hydrogen-bond acceptors (Lipinski definition) is 2. The van der Waals surface area contributed by atoms with E-state index >= 15 is 0 Å². The molecule has 0 aliphatic heterocycles. The Morgan fingerprint density at radius 3 is 2.65 bits per heavy atom. The van der Waals surface area contributed by atoms with E-state index < -0.39 is 12.0 Å². The van der Waals surface area contributed by atoms with Gasteiger partial charge in [-0.05, 0) is 42.3 Å². The smallest absolute Gasteiger partial charge is 0.330 e. The van der Waals surface area contributed by atoms with E-state index in [4.69, 9.17) is 0 Å². The normalized spacial score (nSPS) is 11.9. The SMILES string of the molecule is Cc1cc(C(Nc2cccc(Br)c2)C(=O)O)ccc1F. The maximum absolute atomic E-state index is 13.3. The molecule has 0 spiro atoms. The molecule has 2 rings (SSSR count). The number of carboxylic acid groups (broad SMARTS) is 1. The van der Waals surface area contributed by atoms with Gasteiger partial charge in [-0.25, -0.2) is 9.18 Å². The summed E-state index contributed by atoms with van der Waals surface area (Å²) in [6.07, 6.45) is 0. The monoisotopic (exact) mass is 337 g/mol. The number of carbonyl (C=O) groups is 1. The molecule has 0 bridgehead atoms. The lowest BCUT2D eigenvalue weighted by molar-refractivity contribution is -0.138. The van der Waals surface area contributed by atoms with Gasteiger partial charge >= 0.3 is 5.97 Å². The number of aliphatic carboxylic acids is 1. The maximum atomic E-state index is 13.3. The quantitative estimate of drug-likeness (QED) is 0.881. The third-order valence-electron chi connectivity index (χ3n) is 2.90. The Hall–Kier alpha value is -1.88. The van der Waals surface area contributed by atoms with Crippen LogP contribution in [0.2, 0.25) is 0 Å². The number of aryl methyl sites for hydroxylation is 1. The van der Waals surface area contributed by atoms with Crippen LogP contribution in [0.1, 0.15) is 17.2 Å². The fourth-order valence-corrected chi connectivity index (χ4v) is 2.28. The van der Waals surface area contributed by atoms with Crippen LogP contribution in [-0.4, -0.2) is 11.1 Å². The van der Waals surface area contributed by atoms with Crippen molar-refractivity contribution in [1.29, 1.82) is 0 Å². The fraction of sp³-hybridized carbons (Fsp3) is 0.133. The van der Waals surface area contributed by atoms with E-state index in [2.05, 4.69) is 21.2 Å². The molecule has 0 fully saturated rings. The van der Waals surface area contributed by atoms with Gasteiger partial charge in [0, 0.05) is 10.2 Å². The van der Waals surface area contributed by atoms with Crippen LogP contribution in [0, 0.1) is 12.7 Å². The standard InChI is InChI=1S/C15H13BrFNO2/c1-9-7-10(5-6-13(9)17)14(15(19)20)18-12-4-2-3-11(16)8-12/h2-8,14,18H,1H3,(H,19,20). The van der Waals surface area contributed by atoms with Crippen LogP contribution in [0.25, 0.3) is 0 Å². The van der Waals surface area contributed by atoms with E-state index in [1.54, 1.807) is 31.2 Å². The molecular formula is C15H13BrFNO2. The van der Waals surface area contributed by atoms with E-state index in [1.807, 2.05) is 6.07 Å². The van der Waals surface area contributed by atoms with Crippen molar-refractivity contribution in [1.82, 2.24) is 0 Å². The van der Waals surface area contributed by atoms with Gasteiger partial charge in [-0.15, -0.1) is 0 Å². The summed E-state index contributed by atoms with van der Waals surface area (Å²) in [6, 6.07) is 10.6. The lowest BCUT2D eigenvalue weighted by Crippen LogP contribution is -2.20. The van der Waals surface area contributed by atoms with Crippen molar-refractivity contribution >= 4 is 27.6 Å². The number of nitrogens with one attached hydrogen (secondary N) is 1. The predicted octanol–water partition coefficient (Wildman–Crippen LogP) is 4.13. The van der Waals surface area contributed by atoms with Crippen molar-refractivity contribution in [2.45, 2.75) is 13.0 Å². The molecule has 0 radical (unpaired) electrons. The minimum atomic E-state index is -1.02. The zero-order chi connectivity index (χ0) is 14.7. The molecule has 1 unspecified atom stereocenters. The molecule has 0 aliphatic carbocycles. The van der Waals surface area contributed by atoms with Gasteiger partial charge in [0.1, 0.15) is 5.82 Å². The second kappa shape index (κ2) is 6.05. The fourth-order valence-electron chi connectivity index (χ4n) is 1.88. The molecular weight excluding hydrogens is 325 g/mol. The summed E-state index contributed by atoms with van der Waals surface area (Å²) in [7, 11) is 0. The molecule has 2 aromatic rings. The molecule has 0 aromatic heterocycles. The summed E-state index contributed by atoms with van der Waals surface area (Å²) in [4.78, 5) is 11.4. The molecule has 0 saturated carbocycles. The van der Waals surface area contributed by atoms with Crippen LogP contribution < -0.4 is 5.32 Å². The third kappa shape index (κ3) is 3.36. The minimum absolute atomic E-state index is 0.347. The van der Waals surface area contributed by atoms with Gasteiger partial charge in [-0.3, -0.25) is 0 Å². The van der Waals surface area contributed by atoms with E-state index in [9.17, 15) is 14.3 Å². The van der Waals surface area contributed by atoms with Gasteiger partial charge in [0.05, 0.1) is 0 Å². The highest BCUT2D eigenvalue weighted by atomic mass is 79.9. The van der Waals surface area contributed by atoms with E-state index in [0.717, 1.165) is 4.47 Å². The highest BCUT2D eigenvalue weighted by Crippen LogP contribution is 2.24. The Bertz CT molecular complexity index is 646. The van der Waals surface area contributed by atoms with Crippen LogP contribution in [-0.2, 0) is 4.79 Å². The maximum Gasteiger partial charge on any atom is 0.330 e. The number of hydrogen-bond donors (Lipinski definition) is 2. The zero-order valence-corrected chi connectivity index (χ0v) is 12.3. The van der Waals surface area contributed by atoms with Gasteiger partial charge in [0.25, 0.3) is 0 Å². The van der Waals surface area contributed by atoms with Crippen molar-refractivity contribution in [2.75, 3.05) is 5.32 Å². The van der Waals surface area contributed by atoms with Gasteiger partial charge in [0.2, 0.25) is 0 Å². The number of halogens is 2. The molecule has 104 valence electrons. The highest BCUT2D eigenvalue weighted by molar-refractivity contribution is 9.10. The summed E-state index contributed by atoms with van der Waals surface area (Å²) < 4.78 is 14.1. The summed E-state index contributed by atoms with van der Waals surface area (Å²) in [6.45, 7) is 1.61. The van der Waals surface area contributed by atoms with E-state index in [0.29, 0.717) is 16.8 Å². The number of carboxylic acids is 1. The molecule has 3 nitrogen and oxygen atoms in total. The van der Waals surface area contributed by atoms with E-state index in [-0.39, 0.29) is 5.82 Å². The summed E-state index contributed by atoms with van der Waals surface area (Å²) in [5.41, 5.74) is 1.61. The Kier molecular flexibility index (Phi) is 4.39. The number of benzene rings is 2. The van der Waals surface area contributed by atoms with Crippen LogP contribution >= 0.6 is 15.9 Å². The summed E-state index contributed by atoms with van der Waals surface area (Å²) in [5.74, 6) is -1.36. The molecule has 5 heteroatoms. The first-order valence-corrected chi connectivity index (χ1v) is 6.77. The lowest BCUT2D eigenvalue weighted by Gasteiger charge is -2.17. The number of anilines is 1. The van der Waals surface area contributed by atoms with Crippen molar-refractivity contribution in [3.05, 3.63) is 63.9 Å². The topological polar surface area (TPSA) is 49.3 Å². The van der Waals surface area contributed by atoms with Crippen molar-refractivity contribution in [3.8, 4) is 0 Å². The summed E-state index contributed by atoms with van der Waals surface area (Å²) >= 11 is 3.33. The van der Waals surface area contributed by atoms with Gasteiger partial charge < -0.3 is 10.4 Å². The molecule has 2 aromatic carbocycles. The molecule has 20 heavy (non-hydrogen) atoms. The molecule has 0 aliphatic rings. The first-order valence-electron chi connectivity index (χ1n) is 5.98. The highest BCUT2D eigenvalue weighted by Gasteiger charge is 2.20. The molecule has 0 saturated heterocycles. The van der Waals surface area contributed by atoms with Gasteiger partial charge in [-0.2, -0.15) is 0 Å². The van der Waals surface area contributed by atoms with Crippen molar-refractivity contribution in [2.24, 2.45) is 0 Å². The first kappa shape index (κ1) is 14.5. The van der Waals surface area contributed by atoms with Crippen LogP contribution in [0.15, 0.2) is 46.9 Å². The van der Waals surface area contributed by atoms with Crippen LogP contribution in [0.3, 0.4) is 0 Å². The third-order valence-corrected chi connectivity index (χ3v) is 3.39. The average molecular weight is 338 g/mol. The Balaban J connectivity index is 2.32. The Morgan fingerprint density at radius 1 is 1.30 bits per heavy atom.